The van der Waals surface area contributed by atoms with Crippen molar-refractivity contribution in [3.05, 3.63) is 12.2 Å². The molecule has 0 spiro atoms. The Morgan fingerprint density at radius 3 is 2.09 bits per heavy atom. The standard InChI is InChI=1S/C24H41O10P/c1-2-3-4-5-6-7-8-9-10-11-12-13-14-15-16-17-20(26)32-18-19(25)22-21(27)23(24(28)33-22)34-35(29,30)31/h9-10,19,22-23,25H,2-8,11-18H2,1H3,(H2,29,30,31)/t19-,22+,23?/m0/s1. The topological polar surface area (TPSA) is 157 Å². The number of phosphoric acid groups is 1. The molecule has 1 aliphatic rings. The normalized spacial score (nSPS) is 19.3. The van der Waals surface area contributed by atoms with Crippen molar-refractivity contribution in [2.45, 2.75) is 115 Å². The molecule has 0 aromatic carbocycles. The molecule has 202 valence electrons. The summed E-state index contributed by atoms with van der Waals surface area (Å²) < 4.78 is 24.4. The van der Waals surface area contributed by atoms with E-state index in [0.717, 1.165) is 38.5 Å². The van der Waals surface area contributed by atoms with Gasteiger partial charge in [-0.15, -0.1) is 0 Å². The monoisotopic (exact) mass is 520 g/mol. The van der Waals surface area contributed by atoms with E-state index in [0.29, 0.717) is 6.42 Å². The van der Waals surface area contributed by atoms with Crippen molar-refractivity contribution in [2.75, 3.05) is 6.61 Å². The van der Waals surface area contributed by atoms with E-state index in [9.17, 15) is 24.1 Å². The van der Waals surface area contributed by atoms with Crippen molar-refractivity contribution in [1.82, 2.24) is 0 Å². The molecule has 35 heavy (non-hydrogen) atoms. The number of hydrogen-bond acceptors (Lipinski definition) is 8. The van der Waals surface area contributed by atoms with Crippen molar-refractivity contribution in [2.24, 2.45) is 0 Å². The number of carbonyl (C=O) groups excluding carboxylic acids is 3. The molecular formula is C24H41O10P. The van der Waals surface area contributed by atoms with Gasteiger partial charge < -0.3 is 24.4 Å². The van der Waals surface area contributed by atoms with Crippen LogP contribution in [0.25, 0.3) is 0 Å². The molecule has 3 N–H and O–H groups in total. The second-order valence-corrected chi connectivity index (χ2v) is 10.0. The minimum Gasteiger partial charge on any atom is -0.463 e. The van der Waals surface area contributed by atoms with E-state index in [1.54, 1.807) is 0 Å². The van der Waals surface area contributed by atoms with E-state index in [-0.39, 0.29) is 6.42 Å². The number of hydrogen-bond donors (Lipinski definition) is 3. The lowest BCUT2D eigenvalue weighted by atomic mass is 10.1. The molecule has 11 heteroatoms. The zero-order valence-corrected chi connectivity index (χ0v) is 21.5. The minimum absolute atomic E-state index is 0.160. The summed E-state index contributed by atoms with van der Waals surface area (Å²) >= 11 is 0. The summed E-state index contributed by atoms with van der Waals surface area (Å²) in [6, 6.07) is 0. The van der Waals surface area contributed by atoms with Crippen LogP contribution >= 0.6 is 7.82 Å². The van der Waals surface area contributed by atoms with E-state index in [4.69, 9.17) is 14.5 Å². The number of phosphoric ester groups is 1. The van der Waals surface area contributed by atoms with Gasteiger partial charge in [-0.25, -0.2) is 9.36 Å². The van der Waals surface area contributed by atoms with Gasteiger partial charge in [0, 0.05) is 6.42 Å². The van der Waals surface area contributed by atoms with Gasteiger partial charge in [0.1, 0.15) is 12.7 Å². The first-order valence-corrected chi connectivity index (χ1v) is 14.2. The van der Waals surface area contributed by atoms with Crippen LogP contribution in [0.1, 0.15) is 96.8 Å². The first-order valence-electron chi connectivity index (χ1n) is 12.6. The summed E-state index contributed by atoms with van der Waals surface area (Å²) in [5.74, 6) is -3.01. The average molecular weight is 521 g/mol. The highest BCUT2D eigenvalue weighted by atomic mass is 31.2. The number of allylic oxidation sites excluding steroid dienone is 2. The number of cyclic esters (lactones) is 1. The molecule has 1 unspecified atom stereocenters. The van der Waals surface area contributed by atoms with Crippen LogP contribution in [-0.2, 0) is 32.9 Å². The van der Waals surface area contributed by atoms with Crippen LogP contribution < -0.4 is 0 Å². The van der Waals surface area contributed by atoms with Gasteiger partial charge in [-0.1, -0.05) is 70.4 Å². The Morgan fingerprint density at radius 1 is 0.971 bits per heavy atom. The van der Waals surface area contributed by atoms with Gasteiger partial charge >= 0.3 is 19.8 Å². The Kier molecular flexibility index (Phi) is 16.0. The van der Waals surface area contributed by atoms with Gasteiger partial charge in [0.2, 0.25) is 11.9 Å². The molecule has 0 aromatic rings. The van der Waals surface area contributed by atoms with Crippen LogP contribution in [-0.4, -0.2) is 57.5 Å². The summed E-state index contributed by atoms with van der Waals surface area (Å²) in [7, 11) is -5.10. The third-order valence-electron chi connectivity index (χ3n) is 5.65. The summed E-state index contributed by atoms with van der Waals surface area (Å²) in [5, 5.41) is 9.98. The Morgan fingerprint density at radius 2 is 1.51 bits per heavy atom. The van der Waals surface area contributed by atoms with Crippen LogP contribution in [0.2, 0.25) is 0 Å². The summed E-state index contributed by atoms with van der Waals surface area (Å²) in [4.78, 5) is 52.8. The maximum atomic E-state index is 12.0. The van der Waals surface area contributed by atoms with Gasteiger partial charge in [-0.05, 0) is 32.1 Å². The fraction of sp³-hybridized carbons (Fsp3) is 0.792. The van der Waals surface area contributed by atoms with Crippen LogP contribution in [0.3, 0.4) is 0 Å². The van der Waals surface area contributed by atoms with Gasteiger partial charge in [-0.2, -0.15) is 0 Å². The number of ether oxygens (including phenoxy) is 2. The predicted molar refractivity (Wildman–Crippen MR) is 128 cm³/mol. The largest absolute Gasteiger partial charge is 0.470 e. The van der Waals surface area contributed by atoms with E-state index >= 15 is 0 Å². The predicted octanol–water partition coefficient (Wildman–Crippen LogP) is 3.90. The third kappa shape index (κ3) is 14.5. The molecule has 0 aromatic heterocycles. The van der Waals surface area contributed by atoms with E-state index in [2.05, 4.69) is 28.3 Å². The quantitative estimate of drug-likeness (QED) is 0.0707. The Bertz CT molecular complexity index is 717. The maximum absolute atomic E-state index is 12.0. The number of unbranched alkanes of at least 4 members (excludes halogenated alkanes) is 11. The molecule has 0 saturated carbocycles. The second-order valence-electron chi connectivity index (χ2n) is 8.82. The lowest BCUT2D eigenvalue weighted by Gasteiger charge is -2.15. The van der Waals surface area contributed by atoms with Crippen molar-refractivity contribution in [1.29, 1.82) is 0 Å². The molecular weight excluding hydrogens is 479 g/mol. The molecule has 0 radical (unpaired) electrons. The third-order valence-corrected chi connectivity index (χ3v) is 6.13. The summed E-state index contributed by atoms with van der Waals surface area (Å²) in [6.45, 7) is 1.64. The van der Waals surface area contributed by atoms with E-state index in [1.165, 1.54) is 38.5 Å². The highest BCUT2D eigenvalue weighted by Gasteiger charge is 2.50. The SMILES string of the molecule is CCCCCCCCC=CCCCCCCCC(=O)OC[C@H](O)[C@H]1OC(=O)C(OP(=O)(O)O)C1=O. The number of esters is 2. The first-order chi connectivity index (χ1) is 16.7. The Balaban J connectivity index is 2.04. The summed E-state index contributed by atoms with van der Waals surface area (Å²) in [5.41, 5.74) is 0. The zero-order valence-electron chi connectivity index (χ0n) is 20.6. The minimum atomic E-state index is -5.10. The van der Waals surface area contributed by atoms with Crippen molar-refractivity contribution >= 4 is 25.5 Å². The van der Waals surface area contributed by atoms with Gasteiger partial charge in [-0.3, -0.25) is 14.1 Å². The number of aliphatic hydroxyl groups excluding tert-OH is 1. The second kappa shape index (κ2) is 17.8. The fourth-order valence-electron chi connectivity index (χ4n) is 3.69. The first kappa shape index (κ1) is 31.4. The van der Waals surface area contributed by atoms with Crippen LogP contribution in [0.5, 0.6) is 0 Å². The lowest BCUT2D eigenvalue weighted by molar-refractivity contribution is -0.156. The van der Waals surface area contributed by atoms with Crippen LogP contribution in [0.4, 0.5) is 0 Å². The molecule has 1 rings (SSSR count). The number of Topliss-reactive ketones (excluding diaryl/α,β-unsaturated/α-hetero) is 1. The van der Waals surface area contributed by atoms with Crippen LogP contribution in [0.15, 0.2) is 12.2 Å². The molecule has 1 heterocycles. The molecule has 1 fully saturated rings. The highest BCUT2D eigenvalue weighted by molar-refractivity contribution is 7.46. The molecule has 0 amide bonds. The van der Waals surface area contributed by atoms with Crippen molar-refractivity contribution < 1.29 is 47.8 Å². The highest BCUT2D eigenvalue weighted by Crippen LogP contribution is 2.39. The number of carbonyl (C=O) groups is 3. The van der Waals surface area contributed by atoms with Crippen molar-refractivity contribution in [3.8, 4) is 0 Å². The maximum Gasteiger partial charge on any atom is 0.470 e. The van der Waals surface area contributed by atoms with E-state index < -0.39 is 50.5 Å². The van der Waals surface area contributed by atoms with Crippen molar-refractivity contribution in [3.63, 3.8) is 0 Å². The lowest BCUT2D eigenvalue weighted by Crippen LogP contribution is -2.38. The van der Waals surface area contributed by atoms with Gasteiger partial charge in [0.25, 0.3) is 0 Å². The molecule has 0 aliphatic carbocycles. The Hall–Kier alpha value is -1.58. The smallest absolute Gasteiger partial charge is 0.463 e. The number of ketones is 1. The fourth-order valence-corrected chi connectivity index (χ4v) is 4.15. The van der Waals surface area contributed by atoms with Gasteiger partial charge in [0.15, 0.2) is 6.10 Å². The number of rotatable bonds is 20. The van der Waals surface area contributed by atoms with Crippen LogP contribution in [0, 0.1) is 0 Å². The molecule has 1 saturated heterocycles. The van der Waals surface area contributed by atoms with E-state index in [1.807, 2.05) is 0 Å². The number of aliphatic hydroxyl groups is 1. The Labute approximate surface area is 207 Å². The molecule has 3 atom stereocenters. The average Bonchev–Trinajstić information content (AvgIpc) is 3.07. The van der Waals surface area contributed by atoms with Gasteiger partial charge in [0.05, 0.1) is 0 Å². The zero-order chi connectivity index (χ0) is 26.1. The molecule has 10 nitrogen and oxygen atoms in total. The summed E-state index contributed by atoms with van der Waals surface area (Å²) in [6.07, 6.45) is 14.0. The molecule has 0 bridgehead atoms. The molecule has 1 aliphatic heterocycles.